The zero-order chi connectivity index (χ0) is 13.9. The Morgan fingerprint density at radius 3 is 2.84 bits per heavy atom. The maximum atomic E-state index is 5.69. The van der Waals surface area contributed by atoms with E-state index in [1.807, 2.05) is 0 Å². The lowest BCUT2D eigenvalue weighted by Crippen LogP contribution is -2.50. The summed E-state index contributed by atoms with van der Waals surface area (Å²) in [4.78, 5) is 4.69. The lowest BCUT2D eigenvalue weighted by molar-refractivity contribution is -0.101. The summed E-state index contributed by atoms with van der Waals surface area (Å²) >= 11 is 1.68. The Morgan fingerprint density at radius 1 is 1.53 bits per heavy atom. The highest BCUT2D eigenvalue weighted by atomic mass is 32.1. The van der Waals surface area contributed by atoms with E-state index in [-0.39, 0.29) is 17.6 Å². The summed E-state index contributed by atoms with van der Waals surface area (Å²) in [6.07, 6.45) is 0.770. The van der Waals surface area contributed by atoms with Crippen molar-refractivity contribution in [3.05, 3.63) is 16.1 Å². The average molecular weight is 285 g/mol. The quantitative estimate of drug-likeness (QED) is 0.643. The molecule has 2 atom stereocenters. The molecule has 2 heterocycles. The standard InChI is InChI=1S/C13H23N3O2S/c1-13(2,3)11-8-19-12(15-11)6-9(16-14)10-7-17-4-5-18-10/h8-10,16H,4-7,14H2,1-3H3. The number of aromatic nitrogens is 1. The summed E-state index contributed by atoms with van der Waals surface area (Å²) in [5.41, 5.74) is 4.05. The summed E-state index contributed by atoms with van der Waals surface area (Å²) in [6, 6.07) is 0.0410. The van der Waals surface area contributed by atoms with E-state index in [1.54, 1.807) is 11.3 Å². The molecule has 0 spiro atoms. The Hall–Kier alpha value is -0.530. The second-order valence-electron chi connectivity index (χ2n) is 5.84. The molecule has 1 aliphatic heterocycles. The molecule has 3 N–H and O–H groups in total. The van der Waals surface area contributed by atoms with Crippen molar-refractivity contribution in [2.24, 2.45) is 5.84 Å². The molecular formula is C13H23N3O2S. The first-order valence-electron chi connectivity index (χ1n) is 6.61. The minimum Gasteiger partial charge on any atom is -0.376 e. The second-order valence-corrected chi connectivity index (χ2v) is 6.78. The van der Waals surface area contributed by atoms with E-state index < -0.39 is 0 Å². The van der Waals surface area contributed by atoms with E-state index in [0.717, 1.165) is 17.1 Å². The van der Waals surface area contributed by atoms with Crippen molar-refractivity contribution < 1.29 is 9.47 Å². The van der Waals surface area contributed by atoms with Crippen LogP contribution >= 0.6 is 11.3 Å². The van der Waals surface area contributed by atoms with Gasteiger partial charge in [0.1, 0.15) is 0 Å². The molecule has 108 valence electrons. The normalized spacial score (nSPS) is 22.4. The molecule has 0 saturated carbocycles. The summed E-state index contributed by atoms with van der Waals surface area (Å²) in [5, 5.41) is 3.21. The third kappa shape index (κ3) is 3.97. The molecule has 6 heteroatoms. The highest BCUT2D eigenvalue weighted by Crippen LogP contribution is 2.25. The fraction of sp³-hybridized carbons (Fsp3) is 0.769. The van der Waals surface area contributed by atoms with Gasteiger partial charge in [-0.1, -0.05) is 20.8 Å². The molecule has 0 aliphatic carbocycles. The van der Waals surface area contributed by atoms with Gasteiger partial charge in [0.25, 0.3) is 0 Å². The Balaban J connectivity index is 1.99. The number of hydrazine groups is 1. The van der Waals surface area contributed by atoms with Gasteiger partial charge in [0, 0.05) is 17.2 Å². The number of nitrogens with one attached hydrogen (secondary N) is 1. The zero-order valence-electron chi connectivity index (χ0n) is 11.8. The van der Waals surface area contributed by atoms with Crippen molar-refractivity contribution in [1.29, 1.82) is 0 Å². The van der Waals surface area contributed by atoms with E-state index >= 15 is 0 Å². The number of hydrogen-bond acceptors (Lipinski definition) is 6. The van der Waals surface area contributed by atoms with E-state index in [0.29, 0.717) is 19.8 Å². The predicted octanol–water partition coefficient (Wildman–Crippen LogP) is 1.23. The molecule has 1 aromatic heterocycles. The van der Waals surface area contributed by atoms with Crippen LogP contribution < -0.4 is 11.3 Å². The maximum Gasteiger partial charge on any atom is 0.0979 e. The molecule has 2 unspecified atom stereocenters. The van der Waals surface area contributed by atoms with Crippen molar-refractivity contribution in [1.82, 2.24) is 10.4 Å². The van der Waals surface area contributed by atoms with Crippen molar-refractivity contribution in [2.75, 3.05) is 19.8 Å². The van der Waals surface area contributed by atoms with Crippen molar-refractivity contribution >= 4 is 11.3 Å². The SMILES string of the molecule is CC(C)(C)c1csc(CC(NN)C2COCCO2)n1. The molecule has 1 saturated heterocycles. The minimum absolute atomic E-state index is 0.000682. The van der Waals surface area contributed by atoms with Gasteiger partial charge in [0.05, 0.1) is 42.7 Å². The fourth-order valence-electron chi connectivity index (χ4n) is 1.97. The number of rotatable bonds is 4. The van der Waals surface area contributed by atoms with Crippen molar-refractivity contribution in [3.8, 4) is 0 Å². The van der Waals surface area contributed by atoms with Gasteiger partial charge < -0.3 is 9.47 Å². The first kappa shape index (κ1) is 14.9. The largest absolute Gasteiger partial charge is 0.376 e. The Morgan fingerprint density at radius 2 is 2.32 bits per heavy atom. The lowest BCUT2D eigenvalue weighted by Gasteiger charge is -2.29. The number of nitrogens with two attached hydrogens (primary N) is 1. The van der Waals surface area contributed by atoms with Gasteiger partial charge in [-0.25, -0.2) is 4.98 Å². The molecule has 1 fully saturated rings. The van der Waals surface area contributed by atoms with Gasteiger partial charge >= 0.3 is 0 Å². The Kier molecular flexibility index (Phi) is 4.92. The van der Waals surface area contributed by atoms with Gasteiger partial charge in [0.15, 0.2) is 0 Å². The molecule has 19 heavy (non-hydrogen) atoms. The van der Waals surface area contributed by atoms with Crippen LogP contribution in [-0.2, 0) is 21.3 Å². The van der Waals surface area contributed by atoms with Crippen molar-refractivity contribution in [2.45, 2.75) is 44.8 Å². The molecule has 1 aliphatic rings. The summed E-state index contributed by atoms with van der Waals surface area (Å²) in [5.74, 6) is 5.64. The number of thiazole rings is 1. The highest BCUT2D eigenvalue weighted by molar-refractivity contribution is 7.09. The van der Waals surface area contributed by atoms with Crippen LogP contribution in [-0.4, -0.2) is 37.0 Å². The van der Waals surface area contributed by atoms with Gasteiger partial charge in [-0.15, -0.1) is 11.3 Å². The number of ether oxygens (including phenoxy) is 2. The fourth-order valence-corrected chi connectivity index (χ4v) is 3.05. The van der Waals surface area contributed by atoms with Crippen molar-refractivity contribution in [3.63, 3.8) is 0 Å². The molecule has 0 aromatic carbocycles. The Bertz CT molecular complexity index is 397. The van der Waals surface area contributed by atoms with Crippen LogP contribution in [0.4, 0.5) is 0 Å². The molecule has 5 nitrogen and oxygen atoms in total. The zero-order valence-corrected chi connectivity index (χ0v) is 12.6. The third-order valence-corrected chi connectivity index (χ3v) is 4.09. The first-order valence-corrected chi connectivity index (χ1v) is 7.49. The number of hydrogen-bond donors (Lipinski definition) is 2. The smallest absolute Gasteiger partial charge is 0.0979 e. The van der Waals surface area contributed by atoms with E-state index in [1.165, 1.54) is 0 Å². The summed E-state index contributed by atoms with van der Waals surface area (Å²) < 4.78 is 11.1. The molecule has 1 aromatic rings. The molecule has 2 rings (SSSR count). The first-order chi connectivity index (χ1) is 9.00. The number of nitrogens with zero attached hydrogens (tertiary/aromatic N) is 1. The second kappa shape index (κ2) is 6.28. The van der Waals surface area contributed by atoms with Gasteiger partial charge in [-0.05, 0) is 0 Å². The lowest BCUT2D eigenvalue weighted by atomic mass is 9.93. The molecule has 0 bridgehead atoms. The van der Waals surface area contributed by atoms with Crippen LogP contribution in [0, 0.1) is 0 Å². The monoisotopic (exact) mass is 285 g/mol. The van der Waals surface area contributed by atoms with Crippen LogP contribution in [0.3, 0.4) is 0 Å². The Labute approximate surface area is 118 Å². The molecular weight excluding hydrogens is 262 g/mol. The average Bonchev–Trinajstić information content (AvgIpc) is 2.85. The highest BCUT2D eigenvalue weighted by Gasteiger charge is 2.26. The molecule has 0 radical (unpaired) electrons. The summed E-state index contributed by atoms with van der Waals surface area (Å²) in [7, 11) is 0. The van der Waals surface area contributed by atoms with E-state index in [9.17, 15) is 0 Å². The minimum atomic E-state index is 0.000682. The van der Waals surface area contributed by atoms with E-state index in [4.69, 9.17) is 20.3 Å². The van der Waals surface area contributed by atoms with Crippen LogP contribution in [0.1, 0.15) is 31.5 Å². The van der Waals surface area contributed by atoms with Crippen LogP contribution in [0.2, 0.25) is 0 Å². The maximum absolute atomic E-state index is 5.69. The summed E-state index contributed by atoms with van der Waals surface area (Å²) in [6.45, 7) is 8.40. The van der Waals surface area contributed by atoms with E-state index in [2.05, 4.69) is 31.6 Å². The third-order valence-electron chi connectivity index (χ3n) is 3.22. The topological polar surface area (TPSA) is 69.4 Å². The predicted molar refractivity (Wildman–Crippen MR) is 76.2 cm³/mol. The van der Waals surface area contributed by atoms with Gasteiger partial charge in [-0.2, -0.15) is 0 Å². The van der Waals surface area contributed by atoms with Crippen LogP contribution in [0.15, 0.2) is 5.38 Å². The van der Waals surface area contributed by atoms with Crippen LogP contribution in [0.25, 0.3) is 0 Å². The van der Waals surface area contributed by atoms with Gasteiger partial charge in [-0.3, -0.25) is 11.3 Å². The molecule has 0 amide bonds. The van der Waals surface area contributed by atoms with Gasteiger partial charge in [0.2, 0.25) is 0 Å². The van der Waals surface area contributed by atoms with Crippen LogP contribution in [0.5, 0.6) is 0 Å².